The maximum absolute atomic E-state index is 13.0. The second-order valence-corrected chi connectivity index (χ2v) is 8.79. The van der Waals surface area contributed by atoms with E-state index in [-0.39, 0.29) is 11.8 Å². The van der Waals surface area contributed by atoms with Crippen LogP contribution in [0, 0.1) is 12.8 Å². The van der Waals surface area contributed by atoms with Gasteiger partial charge in [0.2, 0.25) is 11.8 Å². The van der Waals surface area contributed by atoms with Crippen LogP contribution in [-0.4, -0.2) is 35.1 Å². The molecule has 2 rings (SSSR count). The molecule has 156 valence electrons. The van der Waals surface area contributed by atoms with Crippen LogP contribution in [0.3, 0.4) is 0 Å². The van der Waals surface area contributed by atoms with Gasteiger partial charge in [-0.15, -0.1) is 11.8 Å². The van der Waals surface area contributed by atoms with E-state index in [1.807, 2.05) is 50.2 Å². The van der Waals surface area contributed by atoms with Crippen LogP contribution in [0.4, 0.5) is 0 Å². The normalized spacial score (nSPS) is 11.9. The van der Waals surface area contributed by atoms with Gasteiger partial charge in [0.25, 0.3) is 0 Å². The van der Waals surface area contributed by atoms with E-state index in [1.54, 1.807) is 16.7 Å². The lowest BCUT2D eigenvalue weighted by Crippen LogP contribution is -2.48. The Labute approximate surface area is 179 Å². The Hall–Kier alpha value is -2.27. The Morgan fingerprint density at radius 2 is 1.69 bits per heavy atom. The first kappa shape index (κ1) is 23.0. The van der Waals surface area contributed by atoms with Crippen molar-refractivity contribution in [2.75, 3.05) is 12.3 Å². The van der Waals surface area contributed by atoms with Crippen molar-refractivity contribution in [3.63, 3.8) is 0 Å². The number of nitrogens with one attached hydrogen (secondary N) is 1. The standard InChI is InChI=1S/C24H32N2O2S/c1-18(2)14-25-24(28)20(4)26(15-22-12-8-9-19(3)13-22)23(27)17-29-16-21-10-6-5-7-11-21/h5-13,18,20H,14-17H2,1-4H3,(H,25,28)/t20-/m0/s1. The number of benzene rings is 2. The van der Waals surface area contributed by atoms with Crippen molar-refractivity contribution >= 4 is 23.6 Å². The van der Waals surface area contributed by atoms with Crippen LogP contribution in [0.25, 0.3) is 0 Å². The topological polar surface area (TPSA) is 49.4 Å². The van der Waals surface area contributed by atoms with Crippen LogP contribution in [0.15, 0.2) is 54.6 Å². The molecule has 4 nitrogen and oxygen atoms in total. The first-order valence-corrected chi connectivity index (χ1v) is 11.3. The van der Waals surface area contributed by atoms with Gasteiger partial charge in [-0.05, 0) is 30.9 Å². The Morgan fingerprint density at radius 3 is 2.34 bits per heavy atom. The van der Waals surface area contributed by atoms with Crippen molar-refractivity contribution in [1.82, 2.24) is 10.2 Å². The smallest absolute Gasteiger partial charge is 0.242 e. The van der Waals surface area contributed by atoms with E-state index in [9.17, 15) is 9.59 Å². The average molecular weight is 413 g/mol. The minimum Gasteiger partial charge on any atom is -0.354 e. The molecule has 2 amide bonds. The molecule has 0 aromatic heterocycles. The fourth-order valence-electron chi connectivity index (χ4n) is 2.96. The molecule has 2 aromatic carbocycles. The Bertz CT molecular complexity index is 792. The summed E-state index contributed by atoms with van der Waals surface area (Å²) in [5, 5.41) is 2.96. The zero-order valence-electron chi connectivity index (χ0n) is 17.9. The predicted molar refractivity (Wildman–Crippen MR) is 122 cm³/mol. The largest absolute Gasteiger partial charge is 0.354 e. The van der Waals surface area contributed by atoms with Crippen LogP contribution in [0.1, 0.15) is 37.5 Å². The highest BCUT2D eigenvalue weighted by Gasteiger charge is 2.26. The zero-order chi connectivity index (χ0) is 21.2. The van der Waals surface area contributed by atoms with E-state index in [0.29, 0.717) is 24.8 Å². The van der Waals surface area contributed by atoms with Gasteiger partial charge in [0, 0.05) is 18.8 Å². The molecule has 0 aliphatic carbocycles. The second kappa shape index (κ2) is 11.7. The average Bonchev–Trinajstić information content (AvgIpc) is 2.70. The summed E-state index contributed by atoms with van der Waals surface area (Å²) in [5.74, 6) is 1.38. The number of hydrogen-bond acceptors (Lipinski definition) is 3. The van der Waals surface area contributed by atoms with Gasteiger partial charge in [0.05, 0.1) is 5.75 Å². The fraction of sp³-hybridized carbons (Fsp3) is 0.417. The molecule has 0 spiro atoms. The first-order chi connectivity index (χ1) is 13.9. The van der Waals surface area contributed by atoms with Crippen LogP contribution < -0.4 is 5.32 Å². The maximum atomic E-state index is 13.0. The summed E-state index contributed by atoms with van der Waals surface area (Å²) in [6.07, 6.45) is 0. The van der Waals surface area contributed by atoms with Crippen LogP contribution in [0.5, 0.6) is 0 Å². The third-order valence-electron chi connectivity index (χ3n) is 4.62. The third-order valence-corrected chi connectivity index (χ3v) is 5.61. The van der Waals surface area contributed by atoms with Gasteiger partial charge < -0.3 is 10.2 Å². The Balaban J connectivity index is 2.05. The summed E-state index contributed by atoms with van der Waals surface area (Å²) < 4.78 is 0. The maximum Gasteiger partial charge on any atom is 0.242 e. The predicted octanol–water partition coefficient (Wildman–Crippen LogP) is 4.42. The molecule has 0 saturated heterocycles. The number of carbonyl (C=O) groups is 2. The molecule has 0 bridgehead atoms. The second-order valence-electron chi connectivity index (χ2n) is 7.80. The van der Waals surface area contributed by atoms with Gasteiger partial charge >= 0.3 is 0 Å². The molecule has 0 radical (unpaired) electrons. The van der Waals surface area contributed by atoms with E-state index in [0.717, 1.165) is 16.9 Å². The van der Waals surface area contributed by atoms with E-state index in [1.165, 1.54) is 5.56 Å². The first-order valence-electron chi connectivity index (χ1n) is 10.1. The van der Waals surface area contributed by atoms with E-state index >= 15 is 0 Å². The van der Waals surface area contributed by atoms with Gasteiger partial charge in [-0.3, -0.25) is 9.59 Å². The van der Waals surface area contributed by atoms with Crippen molar-refractivity contribution in [2.24, 2.45) is 5.92 Å². The molecule has 1 atom stereocenters. The van der Waals surface area contributed by atoms with Crippen molar-refractivity contribution < 1.29 is 9.59 Å². The monoisotopic (exact) mass is 412 g/mol. The molecule has 0 saturated carbocycles. The van der Waals surface area contributed by atoms with Crippen LogP contribution >= 0.6 is 11.8 Å². The van der Waals surface area contributed by atoms with Crippen molar-refractivity contribution in [1.29, 1.82) is 0 Å². The van der Waals surface area contributed by atoms with Crippen molar-refractivity contribution in [3.05, 3.63) is 71.3 Å². The summed E-state index contributed by atoms with van der Waals surface area (Å²) in [6.45, 7) is 9.00. The quantitative estimate of drug-likeness (QED) is 0.628. The molecule has 0 unspecified atom stereocenters. The summed E-state index contributed by atoms with van der Waals surface area (Å²) in [4.78, 5) is 27.4. The SMILES string of the molecule is Cc1cccc(CN(C(=O)CSCc2ccccc2)[C@@H](C)C(=O)NCC(C)C)c1. The Kier molecular flexibility index (Phi) is 9.26. The minimum absolute atomic E-state index is 0.0142. The minimum atomic E-state index is -0.515. The van der Waals surface area contributed by atoms with Crippen molar-refractivity contribution in [3.8, 4) is 0 Å². The van der Waals surface area contributed by atoms with Gasteiger partial charge in [0.1, 0.15) is 6.04 Å². The summed E-state index contributed by atoms with van der Waals surface area (Å²) in [7, 11) is 0. The molecule has 1 N–H and O–H groups in total. The lowest BCUT2D eigenvalue weighted by Gasteiger charge is -2.29. The molecule has 5 heteroatoms. The number of amides is 2. The number of aryl methyl sites for hydroxylation is 1. The molecule has 0 aliphatic heterocycles. The summed E-state index contributed by atoms with van der Waals surface area (Å²) >= 11 is 1.58. The number of hydrogen-bond donors (Lipinski definition) is 1. The molecular formula is C24H32N2O2S. The van der Waals surface area contributed by atoms with Gasteiger partial charge in [0.15, 0.2) is 0 Å². The number of nitrogens with zero attached hydrogens (tertiary/aromatic N) is 1. The van der Waals surface area contributed by atoms with Gasteiger partial charge in [-0.1, -0.05) is 74.0 Å². The van der Waals surface area contributed by atoms with Gasteiger partial charge in [-0.25, -0.2) is 0 Å². The highest BCUT2D eigenvalue weighted by molar-refractivity contribution is 7.99. The van der Waals surface area contributed by atoms with Crippen molar-refractivity contribution in [2.45, 2.75) is 46.0 Å². The highest BCUT2D eigenvalue weighted by atomic mass is 32.2. The van der Waals surface area contributed by atoms with Gasteiger partial charge in [-0.2, -0.15) is 0 Å². The lowest BCUT2D eigenvalue weighted by molar-refractivity contribution is -0.138. The fourth-order valence-corrected chi connectivity index (χ4v) is 3.83. The summed E-state index contributed by atoms with van der Waals surface area (Å²) in [6, 6.07) is 17.7. The molecule has 0 heterocycles. The van der Waals surface area contributed by atoms with E-state index in [4.69, 9.17) is 0 Å². The third kappa shape index (κ3) is 7.94. The molecule has 0 fully saturated rings. The highest BCUT2D eigenvalue weighted by Crippen LogP contribution is 2.16. The number of carbonyl (C=O) groups excluding carboxylic acids is 2. The molecular weight excluding hydrogens is 380 g/mol. The molecule has 0 aliphatic rings. The number of thioether (sulfide) groups is 1. The summed E-state index contributed by atoms with van der Waals surface area (Å²) in [5.41, 5.74) is 3.37. The van der Waals surface area contributed by atoms with E-state index < -0.39 is 6.04 Å². The van der Waals surface area contributed by atoms with Crippen LogP contribution in [0.2, 0.25) is 0 Å². The van der Waals surface area contributed by atoms with Crippen LogP contribution in [-0.2, 0) is 21.9 Å². The van der Waals surface area contributed by atoms with E-state index in [2.05, 4.69) is 37.4 Å². The molecule has 29 heavy (non-hydrogen) atoms. The Morgan fingerprint density at radius 1 is 1.00 bits per heavy atom. The number of rotatable bonds is 10. The zero-order valence-corrected chi connectivity index (χ0v) is 18.7. The molecule has 2 aromatic rings. The lowest BCUT2D eigenvalue weighted by atomic mass is 10.1.